The number of nitrogens with one attached hydrogen (secondary N) is 2. The molecule has 0 unspecified atom stereocenters. The number of hydrogen-bond donors (Lipinski definition) is 3. The minimum Gasteiger partial charge on any atom is -0.508 e. The fraction of sp³-hybridized carbons (Fsp3) is 0. The van der Waals surface area contributed by atoms with E-state index in [0.717, 1.165) is 22.2 Å². The Labute approximate surface area is 131 Å². The molecule has 5 heteroatoms. The van der Waals surface area contributed by atoms with Crippen LogP contribution in [0.15, 0.2) is 65.5 Å². The van der Waals surface area contributed by atoms with Crippen molar-refractivity contribution in [3.8, 4) is 28.3 Å². The molecular formula is C18H13N3O2. The molecule has 2 aromatic heterocycles. The maximum Gasteiger partial charge on any atom is 0.273 e. The summed E-state index contributed by atoms with van der Waals surface area (Å²) in [6.07, 6.45) is 0. The largest absolute Gasteiger partial charge is 0.508 e. The lowest BCUT2D eigenvalue weighted by atomic mass is 10.1. The Balaban J connectivity index is 1.86. The zero-order valence-electron chi connectivity index (χ0n) is 12.1. The van der Waals surface area contributed by atoms with Gasteiger partial charge in [-0.25, -0.2) is 5.10 Å². The number of phenols is 1. The highest BCUT2D eigenvalue weighted by Gasteiger charge is 2.10. The Hall–Kier alpha value is -3.34. The molecular weight excluding hydrogens is 290 g/mol. The predicted octanol–water partition coefficient (Wildman–Crippen LogP) is 3.29. The van der Waals surface area contributed by atoms with Crippen molar-refractivity contribution in [2.24, 2.45) is 0 Å². The zero-order chi connectivity index (χ0) is 15.8. The number of aromatic hydroxyl groups is 1. The number of rotatable bonds is 2. The second-order valence-electron chi connectivity index (χ2n) is 5.31. The molecule has 0 saturated carbocycles. The Morgan fingerprint density at radius 2 is 1.74 bits per heavy atom. The van der Waals surface area contributed by atoms with Gasteiger partial charge in [0.25, 0.3) is 5.56 Å². The fourth-order valence-electron chi connectivity index (χ4n) is 2.60. The smallest absolute Gasteiger partial charge is 0.273 e. The van der Waals surface area contributed by atoms with Crippen molar-refractivity contribution in [1.29, 1.82) is 0 Å². The maximum atomic E-state index is 12.2. The topological polar surface area (TPSA) is 81.8 Å². The summed E-state index contributed by atoms with van der Waals surface area (Å²) < 4.78 is 0. The summed E-state index contributed by atoms with van der Waals surface area (Å²) in [5.74, 6) is 0.189. The molecule has 0 fully saturated rings. The molecule has 0 saturated heterocycles. The molecule has 0 amide bonds. The van der Waals surface area contributed by atoms with E-state index in [0.29, 0.717) is 11.3 Å². The lowest BCUT2D eigenvalue weighted by Crippen LogP contribution is -2.11. The highest BCUT2D eigenvalue weighted by molar-refractivity contribution is 5.86. The number of hydrogen-bond acceptors (Lipinski definition) is 3. The molecule has 3 N–H and O–H groups in total. The minimum absolute atomic E-state index is 0.189. The minimum atomic E-state index is -0.251. The van der Waals surface area contributed by atoms with E-state index in [1.165, 1.54) is 0 Å². The van der Waals surface area contributed by atoms with E-state index >= 15 is 0 Å². The van der Waals surface area contributed by atoms with Crippen molar-refractivity contribution < 1.29 is 5.11 Å². The summed E-state index contributed by atoms with van der Waals surface area (Å²) in [5, 5.41) is 17.0. The van der Waals surface area contributed by atoms with E-state index in [-0.39, 0.29) is 11.3 Å². The Morgan fingerprint density at radius 3 is 2.52 bits per heavy atom. The monoisotopic (exact) mass is 303 g/mol. The molecule has 0 aliphatic heterocycles. The molecule has 23 heavy (non-hydrogen) atoms. The molecule has 4 aromatic rings. The van der Waals surface area contributed by atoms with Crippen molar-refractivity contribution in [1.82, 2.24) is 15.2 Å². The molecule has 0 atom stereocenters. The molecule has 0 radical (unpaired) electrons. The second-order valence-corrected chi connectivity index (χ2v) is 5.31. The van der Waals surface area contributed by atoms with E-state index in [2.05, 4.69) is 15.2 Å². The molecule has 0 aliphatic carbocycles. The molecule has 0 spiro atoms. The zero-order valence-corrected chi connectivity index (χ0v) is 12.1. The summed E-state index contributed by atoms with van der Waals surface area (Å²) in [6.45, 7) is 0. The van der Waals surface area contributed by atoms with Crippen LogP contribution in [0.3, 0.4) is 0 Å². The molecule has 112 valence electrons. The summed E-state index contributed by atoms with van der Waals surface area (Å²) in [5.41, 5.74) is 3.45. The molecule has 4 rings (SSSR count). The average molecular weight is 303 g/mol. The highest BCUT2D eigenvalue weighted by atomic mass is 16.3. The van der Waals surface area contributed by atoms with Gasteiger partial charge in [-0.1, -0.05) is 18.2 Å². The van der Waals surface area contributed by atoms with Crippen molar-refractivity contribution in [2.75, 3.05) is 0 Å². The van der Waals surface area contributed by atoms with Gasteiger partial charge >= 0.3 is 0 Å². The third-order valence-electron chi connectivity index (χ3n) is 3.79. The van der Waals surface area contributed by atoms with Crippen LogP contribution < -0.4 is 5.56 Å². The number of fused-ring (bicyclic) bond motifs is 1. The maximum absolute atomic E-state index is 12.2. The third-order valence-corrected chi connectivity index (χ3v) is 3.79. The van der Waals surface area contributed by atoms with Gasteiger partial charge in [0.05, 0.1) is 17.0 Å². The van der Waals surface area contributed by atoms with Crippen LogP contribution in [-0.4, -0.2) is 20.3 Å². The van der Waals surface area contributed by atoms with E-state index in [9.17, 15) is 9.90 Å². The van der Waals surface area contributed by atoms with E-state index < -0.39 is 0 Å². The highest BCUT2D eigenvalue weighted by Crippen LogP contribution is 2.25. The molecule has 5 nitrogen and oxygen atoms in total. The van der Waals surface area contributed by atoms with E-state index in [1.54, 1.807) is 30.3 Å². The lowest BCUT2D eigenvalue weighted by Gasteiger charge is -2.03. The van der Waals surface area contributed by atoms with Gasteiger partial charge in [-0.05, 0) is 42.5 Å². The van der Waals surface area contributed by atoms with Gasteiger partial charge in [-0.3, -0.25) is 4.79 Å². The number of benzene rings is 2. The normalized spacial score (nSPS) is 11.0. The first-order valence-electron chi connectivity index (χ1n) is 7.18. The van der Waals surface area contributed by atoms with Gasteiger partial charge in [0, 0.05) is 16.5 Å². The van der Waals surface area contributed by atoms with Crippen LogP contribution >= 0.6 is 0 Å². The standard InChI is InChI=1S/C18H13N3O2/c22-13-7-5-11(6-8-13)16-10-14(18(23)21-20-16)17-9-12-3-1-2-4-15(12)19-17/h1-10,19,22H,(H,21,23). The van der Waals surface area contributed by atoms with Gasteiger partial charge < -0.3 is 10.1 Å². The summed E-state index contributed by atoms with van der Waals surface area (Å²) >= 11 is 0. The number of nitrogens with zero attached hydrogens (tertiary/aromatic N) is 1. The van der Waals surface area contributed by atoms with Crippen molar-refractivity contribution in [3.05, 3.63) is 71.0 Å². The van der Waals surface area contributed by atoms with E-state index in [4.69, 9.17) is 0 Å². The van der Waals surface area contributed by atoms with Crippen LogP contribution in [0.4, 0.5) is 0 Å². The lowest BCUT2D eigenvalue weighted by molar-refractivity contribution is 0.475. The van der Waals surface area contributed by atoms with Gasteiger partial charge in [0.2, 0.25) is 0 Å². The number of aromatic nitrogens is 3. The quantitative estimate of drug-likeness (QED) is 0.531. The Kier molecular flexibility index (Phi) is 2.98. The average Bonchev–Trinajstić information content (AvgIpc) is 3.00. The number of para-hydroxylation sites is 1. The van der Waals surface area contributed by atoms with Crippen LogP contribution in [0.5, 0.6) is 5.75 Å². The van der Waals surface area contributed by atoms with Crippen LogP contribution in [0.1, 0.15) is 0 Å². The van der Waals surface area contributed by atoms with Gasteiger partial charge in [0.15, 0.2) is 0 Å². The van der Waals surface area contributed by atoms with Crippen LogP contribution in [0.2, 0.25) is 0 Å². The van der Waals surface area contributed by atoms with E-state index in [1.807, 2.05) is 30.3 Å². The van der Waals surface area contributed by atoms with Crippen molar-refractivity contribution >= 4 is 10.9 Å². The fourth-order valence-corrected chi connectivity index (χ4v) is 2.60. The first-order valence-corrected chi connectivity index (χ1v) is 7.18. The molecule has 0 bridgehead atoms. The molecule has 2 heterocycles. The number of aromatic amines is 2. The molecule has 0 aliphatic rings. The summed E-state index contributed by atoms with van der Waals surface area (Å²) in [6, 6.07) is 18.2. The van der Waals surface area contributed by atoms with Crippen LogP contribution in [0, 0.1) is 0 Å². The number of phenolic OH excluding ortho intramolecular Hbond substituents is 1. The second kappa shape index (κ2) is 5.14. The summed E-state index contributed by atoms with van der Waals surface area (Å²) in [4.78, 5) is 15.4. The van der Waals surface area contributed by atoms with Crippen LogP contribution in [-0.2, 0) is 0 Å². The Morgan fingerprint density at radius 1 is 0.957 bits per heavy atom. The number of H-pyrrole nitrogens is 2. The summed E-state index contributed by atoms with van der Waals surface area (Å²) in [7, 11) is 0. The van der Waals surface area contributed by atoms with Gasteiger partial charge in [-0.2, -0.15) is 5.10 Å². The molecule has 2 aromatic carbocycles. The van der Waals surface area contributed by atoms with Gasteiger partial charge in [-0.15, -0.1) is 0 Å². The SMILES string of the molecule is O=c1[nH]nc(-c2ccc(O)cc2)cc1-c1cc2ccccc2[nH]1. The van der Waals surface area contributed by atoms with Gasteiger partial charge in [0.1, 0.15) is 5.75 Å². The van der Waals surface area contributed by atoms with Crippen LogP contribution in [0.25, 0.3) is 33.4 Å². The predicted molar refractivity (Wildman–Crippen MR) is 89.3 cm³/mol. The third kappa shape index (κ3) is 2.38. The Bertz CT molecular complexity index is 1010. The van der Waals surface area contributed by atoms with Crippen molar-refractivity contribution in [2.45, 2.75) is 0 Å². The van der Waals surface area contributed by atoms with Crippen molar-refractivity contribution in [3.63, 3.8) is 0 Å². The first kappa shape index (κ1) is 13.3. The first-order chi connectivity index (χ1) is 11.2.